The van der Waals surface area contributed by atoms with Gasteiger partial charge in [-0.05, 0) is 31.5 Å². The van der Waals surface area contributed by atoms with Crippen molar-refractivity contribution in [2.75, 3.05) is 6.26 Å². The molecular weight excluding hydrogens is 281 g/mol. The predicted molar refractivity (Wildman–Crippen MR) is 65.3 cm³/mol. The van der Waals surface area contributed by atoms with Crippen LogP contribution in [0.4, 0.5) is 13.2 Å². The molecule has 0 radical (unpaired) electrons. The van der Waals surface area contributed by atoms with Gasteiger partial charge in [0.2, 0.25) is 0 Å². The molecule has 0 aliphatic rings. The Morgan fingerprint density at radius 1 is 1.11 bits per heavy atom. The molecule has 1 aromatic carbocycles. The summed E-state index contributed by atoms with van der Waals surface area (Å²) in [4.78, 5) is 0. The highest BCUT2D eigenvalue weighted by Crippen LogP contribution is 2.34. The van der Waals surface area contributed by atoms with Crippen LogP contribution in [0.5, 0.6) is 0 Å². The molecule has 0 aromatic heterocycles. The topological polar surface area (TPSA) is 54.4 Å². The van der Waals surface area contributed by atoms with Crippen molar-refractivity contribution >= 4 is 9.84 Å². The van der Waals surface area contributed by atoms with Crippen LogP contribution >= 0.6 is 0 Å². The van der Waals surface area contributed by atoms with E-state index in [0.717, 1.165) is 30.5 Å². The third kappa shape index (κ3) is 3.27. The van der Waals surface area contributed by atoms with Gasteiger partial charge in [0, 0.05) is 6.26 Å². The Hall–Kier alpha value is -1.08. The Labute approximate surface area is 110 Å². The molecule has 0 bridgehead atoms. The smallest absolute Gasteiger partial charge is 0.387 e. The molecule has 0 aliphatic carbocycles. The fraction of sp³-hybridized carbons (Fsp3) is 0.500. The second-order valence-electron chi connectivity index (χ2n) is 4.90. The van der Waals surface area contributed by atoms with Crippen LogP contribution in [0.3, 0.4) is 0 Å². The lowest BCUT2D eigenvalue weighted by Crippen LogP contribution is -2.37. The lowest BCUT2D eigenvalue weighted by atomic mass is 9.97. The fourth-order valence-electron chi connectivity index (χ4n) is 1.46. The van der Waals surface area contributed by atoms with Gasteiger partial charge in [-0.25, -0.2) is 8.42 Å². The van der Waals surface area contributed by atoms with E-state index in [4.69, 9.17) is 0 Å². The minimum Gasteiger partial charge on any atom is -0.387 e. The standard InChI is InChI=1S/C12H15F3O3S/c1-11(2,19(3,17)18)10(16)8-4-6-9(7-5-8)12(13,14)15/h4-7,10,16H,1-3H3. The number of sulfone groups is 1. The van der Waals surface area contributed by atoms with E-state index in [1.165, 1.54) is 13.8 Å². The van der Waals surface area contributed by atoms with Crippen molar-refractivity contribution < 1.29 is 26.7 Å². The minimum atomic E-state index is -4.46. The lowest BCUT2D eigenvalue weighted by molar-refractivity contribution is -0.137. The summed E-state index contributed by atoms with van der Waals surface area (Å²) >= 11 is 0. The highest BCUT2D eigenvalue weighted by molar-refractivity contribution is 7.92. The first-order valence-electron chi connectivity index (χ1n) is 5.42. The predicted octanol–water partition coefficient (Wildman–Crippen LogP) is 2.56. The van der Waals surface area contributed by atoms with Crippen LogP contribution in [0.1, 0.15) is 31.1 Å². The summed E-state index contributed by atoms with van der Waals surface area (Å²) in [6, 6.07) is 3.80. The third-order valence-corrected chi connectivity index (χ3v) is 5.30. The molecule has 3 nitrogen and oxygen atoms in total. The van der Waals surface area contributed by atoms with Gasteiger partial charge in [-0.3, -0.25) is 0 Å². The number of benzene rings is 1. The third-order valence-electron chi connectivity index (χ3n) is 3.17. The van der Waals surface area contributed by atoms with Crippen LogP contribution in [0, 0.1) is 0 Å². The zero-order valence-corrected chi connectivity index (χ0v) is 11.5. The molecule has 0 saturated carbocycles. The minimum absolute atomic E-state index is 0.128. The van der Waals surface area contributed by atoms with Crippen molar-refractivity contribution in [3.05, 3.63) is 35.4 Å². The number of aliphatic hydroxyl groups is 1. The second-order valence-corrected chi connectivity index (χ2v) is 7.49. The highest BCUT2D eigenvalue weighted by atomic mass is 32.2. The van der Waals surface area contributed by atoms with Crippen molar-refractivity contribution in [1.29, 1.82) is 0 Å². The molecule has 108 valence electrons. The van der Waals surface area contributed by atoms with Crippen molar-refractivity contribution in [3.8, 4) is 0 Å². The first kappa shape index (κ1) is 16.0. The number of alkyl halides is 3. The molecule has 1 atom stereocenters. The van der Waals surface area contributed by atoms with Crippen molar-refractivity contribution in [2.45, 2.75) is 30.9 Å². The van der Waals surface area contributed by atoms with E-state index in [2.05, 4.69) is 0 Å². The van der Waals surface area contributed by atoms with E-state index in [-0.39, 0.29) is 5.56 Å². The zero-order valence-electron chi connectivity index (χ0n) is 10.7. The molecule has 1 N–H and O–H groups in total. The summed E-state index contributed by atoms with van der Waals surface area (Å²) in [5, 5.41) is 10.0. The monoisotopic (exact) mass is 296 g/mol. The van der Waals surface area contributed by atoms with E-state index >= 15 is 0 Å². The number of halogens is 3. The number of rotatable bonds is 3. The maximum atomic E-state index is 12.4. The van der Waals surface area contributed by atoms with E-state index in [1.54, 1.807) is 0 Å². The summed E-state index contributed by atoms with van der Waals surface area (Å²) in [5.74, 6) is 0. The van der Waals surface area contributed by atoms with Crippen LogP contribution in [0.25, 0.3) is 0 Å². The molecule has 0 spiro atoms. The summed E-state index contributed by atoms with van der Waals surface area (Å²) in [6.45, 7) is 2.65. The second kappa shape index (κ2) is 4.79. The molecule has 0 amide bonds. The SMILES string of the molecule is CC(C)(C(O)c1ccc(C(F)(F)F)cc1)S(C)(=O)=O. The maximum absolute atomic E-state index is 12.4. The Balaban J connectivity index is 3.13. The van der Waals surface area contributed by atoms with Crippen molar-refractivity contribution in [3.63, 3.8) is 0 Å². The van der Waals surface area contributed by atoms with Gasteiger partial charge in [0.25, 0.3) is 0 Å². The number of hydrogen-bond donors (Lipinski definition) is 1. The lowest BCUT2D eigenvalue weighted by Gasteiger charge is -2.29. The molecule has 0 aliphatic heterocycles. The molecule has 19 heavy (non-hydrogen) atoms. The van der Waals surface area contributed by atoms with E-state index < -0.39 is 32.4 Å². The van der Waals surface area contributed by atoms with Crippen LogP contribution in [-0.4, -0.2) is 24.5 Å². The average Bonchev–Trinajstić information content (AvgIpc) is 2.25. The maximum Gasteiger partial charge on any atom is 0.416 e. The Kier molecular flexibility index (Phi) is 4.03. The molecule has 0 saturated heterocycles. The van der Waals surface area contributed by atoms with Crippen molar-refractivity contribution in [2.24, 2.45) is 0 Å². The quantitative estimate of drug-likeness (QED) is 0.932. The average molecular weight is 296 g/mol. The largest absolute Gasteiger partial charge is 0.416 e. The Morgan fingerprint density at radius 3 is 1.84 bits per heavy atom. The molecule has 1 aromatic rings. The van der Waals surface area contributed by atoms with Gasteiger partial charge < -0.3 is 5.11 Å². The van der Waals surface area contributed by atoms with Crippen LogP contribution in [-0.2, 0) is 16.0 Å². The summed E-state index contributed by atoms with van der Waals surface area (Å²) < 4.78 is 58.8. The number of hydrogen-bond acceptors (Lipinski definition) is 3. The molecule has 1 rings (SSSR count). The first-order chi connectivity index (χ1) is 8.37. The van der Waals surface area contributed by atoms with Crippen LogP contribution in [0.15, 0.2) is 24.3 Å². The normalized spacial score (nSPS) is 15.3. The van der Waals surface area contributed by atoms with Gasteiger partial charge in [-0.15, -0.1) is 0 Å². The van der Waals surface area contributed by atoms with Crippen LogP contribution in [0.2, 0.25) is 0 Å². The fourth-order valence-corrected chi connectivity index (χ4v) is 2.00. The van der Waals surface area contributed by atoms with Gasteiger partial charge in [-0.2, -0.15) is 13.2 Å². The van der Waals surface area contributed by atoms with E-state index in [0.29, 0.717) is 0 Å². The molecule has 7 heteroatoms. The van der Waals surface area contributed by atoms with Gasteiger partial charge in [-0.1, -0.05) is 12.1 Å². The van der Waals surface area contributed by atoms with Crippen molar-refractivity contribution in [1.82, 2.24) is 0 Å². The summed E-state index contributed by atoms with van der Waals surface area (Å²) in [6.07, 6.45) is -4.89. The Bertz CT molecular complexity index is 545. The molecule has 0 fully saturated rings. The highest BCUT2D eigenvalue weighted by Gasteiger charge is 2.39. The van der Waals surface area contributed by atoms with Gasteiger partial charge in [0.15, 0.2) is 9.84 Å². The Morgan fingerprint density at radius 2 is 1.53 bits per heavy atom. The summed E-state index contributed by atoms with van der Waals surface area (Å²) in [7, 11) is -3.56. The van der Waals surface area contributed by atoms with Gasteiger partial charge >= 0.3 is 6.18 Å². The summed E-state index contributed by atoms with van der Waals surface area (Å²) in [5.41, 5.74) is -0.718. The number of aliphatic hydroxyl groups excluding tert-OH is 1. The zero-order chi connectivity index (χ0) is 15.1. The van der Waals surface area contributed by atoms with Gasteiger partial charge in [0.1, 0.15) is 0 Å². The molecule has 1 unspecified atom stereocenters. The van der Waals surface area contributed by atoms with E-state index in [1.807, 2.05) is 0 Å². The van der Waals surface area contributed by atoms with Crippen LogP contribution < -0.4 is 0 Å². The van der Waals surface area contributed by atoms with Gasteiger partial charge in [0.05, 0.1) is 16.4 Å². The molecular formula is C12H15F3O3S. The molecule has 0 heterocycles. The first-order valence-corrected chi connectivity index (χ1v) is 7.31. The van der Waals surface area contributed by atoms with E-state index in [9.17, 15) is 26.7 Å².